The number of rotatable bonds is 5. The van der Waals surface area contributed by atoms with Crippen molar-refractivity contribution in [2.75, 3.05) is 30.3 Å². The van der Waals surface area contributed by atoms with Crippen molar-refractivity contribution in [3.05, 3.63) is 101 Å². The van der Waals surface area contributed by atoms with Gasteiger partial charge in [0.05, 0.1) is 22.4 Å². The number of fused-ring (bicyclic) bond motifs is 1. The molecule has 1 atom stereocenters. The number of benzene rings is 3. The number of amides is 2. The highest BCUT2D eigenvalue weighted by Gasteiger charge is 2.38. The summed E-state index contributed by atoms with van der Waals surface area (Å²) in [6.45, 7) is 3.43. The summed E-state index contributed by atoms with van der Waals surface area (Å²) in [6, 6.07) is 24.2. The lowest BCUT2D eigenvalue weighted by molar-refractivity contribution is -0.130. The van der Waals surface area contributed by atoms with E-state index in [1.54, 1.807) is 33.5 Å². The fourth-order valence-corrected chi connectivity index (χ4v) is 6.71. The minimum absolute atomic E-state index is 0.0615. The van der Waals surface area contributed by atoms with Crippen LogP contribution in [0.15, 0.2) is 78.9 Å². The summed E-state index contributed by atoms with van der Waals surface area (Å²) in [5.41, 5.74) is 5.36. The van der Waals surface area contributed by atoms with E-state index in [1.165, 1.54) is 12.1 Å². The zero-order chi connectivity index (χ0) is 26.9. The van der Waals surface area contributed by atoms with Crippen molar-refractivity contribution < 1.29 is 14.0 Å². The largest absolute Gasteiger partial charge is 0.341 e. The van der Waals surface area contributed by atoms with Gasteiger partial charge in [0.1, 0.15) is 18.2 Å². The Morgan fingerprint density at radius 2 is 1.67 bits per heavy atom. The Labute approximate surface area is 231 Å². The molecule has 0 unspecified atom stereocenters. The van der Waals surface area contributed by atoms with Crippen LogP contribution in [0.1, 0.15) is 34.8 Å². The van der Waals surface area contributed by atoms with Gasteiger partial charge in [0.2, 0.25) is 11.8 Å². The smallest absolute Gasteiger partial charge is 0.242 e. The molecule has 1 fully saturated rings. The number of hydrogen-bond donors (Lipinski definition) is 0. The van der Waals surface area contributed by atoms with Gasteiger partial charge in [-0.05, 0) is 55.2 Å². The molecular weight excluding hydrogens is 511 g/mol. The van der Waals surface area contributed by atoms with Crippen molar-refractivity contribution in [2.24, 2.45) is 0 Å². The quantitative estimate of drug-likeness (QED) is 0.322. The molecular formula is C31H29FN4O2S. The number of thioether (sulfide) groups is 1. The van der Waals surface area contributed by atoms with Gasteiger partial charge in [-0.1, -0.05) is 54.6 Å². The predicted molar refractivity (Wildman–Crippen MR) is 153 cm³/mol. The van der Waals surface area contributed by atoms with E-state index in [-0.39, 0.29) is 35.2 Å². The number of hydrogen-bond acceptors (Lipinski definition) is 4. The summed E-state index contributed by atoms with van der Waals surface area (Å²) in [5.74, 6) is 0.215. The van der Waals surface area contributed by atoms with E-state index in [4.69, 9.17) is 5.10 Å². The van der Waals surface area contributed by atoms with Crippen molar-refractivity contribution in [1.82, 2.24) is 14.7 Å². The molecule has 2 amide bonds. The van der Waals surface area contributed by atoms with E-state index in [0.29, 0.717) is 24.6 Å². The van der Waals surface area contributed by atoms with Gasteiger partial charge >= 0.3 is 0 Å². The average molecular weight is 541 g/mol. The summed E-state index contributed by atoms with van der Waals surface area (Å²) in [5, 5.41) is 4.87. The number of carbonyl (C=O) groups excluding carboxylic acids is 2. The van der Waals surface area contributed by atoms with Crippen molar-refractivity contribution in [1.29, 1.82) is 0 Å². The van der Waals surface area contributed by atoms with Crippen LogP contribution in [0.2, 0.25) is 0 Å². The highest BCUT2D eigenvalue weighted by molar-refractivity contribution is 8.00. The molecule has 0 aliphatic carbocycles. The fourth-order valence-electron chi connectivity index (χ4n) is 5.42. The van der Waals surface area contributed by atoms with E-state index in [9.17, 15) is 14.0 Å². The van der Waals surface area contributed by atoms with Crippen LogP contribution in [-0.2, 0) is 9.59 Å². The standard InChI is InChI=1S/C31H29FN4O2S/c1-21-9-5-6-12-25(21)30-28-29(22-10-3-2-4-11-22)33-36(24-15-13-23(32)14-16-24)31(28)35(27(38)20-39-30)19-26(37)34-17-7-8-18-34/h2-6,9-16,30H,7-8,17-20H2,1H3/t30-/m0/s1. The van der Waals surface area contributed by atoms with Crippen LogP contribution in [0.5, 0.6) is 0 Å². The first-order chi connectivity index (χ1) is 19.0. The summed E-state index contributed by atoms with van der Waals surface area (Å²) >= 11 is 1.56. The van der Waals surface area contributed by atoms with Gasteiger partial charge in [-0.25, -0.2) is 9.07 Å². The van der Waals surface area contributed by atoms with E-state index >= 15 is 0 Å². The van der Waals surface area contributed by atoms with Crippen molar-refractivity contribution in [2.45, 2.75) is 25.0 Å². The van der Waals surface area contributed by atoms with Gasteiger partial charge in [0.15, 0.2) is 0 Å². The molecule has 0 N–H and O–H groups in total. The van der Waals surface area contributed by atoms with E-state index in [1.807, 2.05) is 47.4 Å². The SMILES string of the molecule is Cc1ccccc1[C@@H]1SCC(=O)N(CC(=O)N2CCCC2)c2c1c(-c1ccccc1)nn2-c1ccc(F)cc1. The van der Waals surface area contributed by atoms with E-state index < -0.39 is 0 Å². The minimum atomic E-state index is -0.356. The molecule has 8 heteroatoms. The van der Waals surface area contributed by atoms with Crippen LogP contribution in [-0.4, -0.2) is 51.9 Å². The Morgan fingerprint density at radius 3 is 2.38 bits per heavy atom. The molecule has 6 rings (SSSR count). The van der Waals surface area contributed by atoms with Gasteiger partial charge in [0.25, 0.3) is 0 Å². The number of aryl methyl sites for hydroxylation is 1. The van der Waals surface area contributed by atoms with Crippen LogP contribution >= 0.6 is 11.8 Å². The van der Waals surface area contributed by atoms with Gasteiger partial charge < -0.3 is 4.90 Å². The minimum Gasteiger partial charge on any atom is -0.341 e. The zero-order valence-electron chi connectivity index (χ0n) is 21.7. The van der Waals surface area contributed by atoms with Crippen molar-refractivity contribution >= 4 is 29.4 Å². The van der Waals surface area contributed by atoms with Crippen molar-refractivity contribution in [3.63, 3.8) is 0 Å². The first kappa shape index (κ1) is 25.4. The third-order valence-corrected chi connectivity index (χ3v) is 8.67. The molecule has 1 aromatic heterocycles. The maximum absolute atomic E-state index is 13.9. The van der Waals surface area contributed by atoms with E-state index in [0.717, 1.165) is 40.8 Å². The first-order valence-electron chi connectivity index (χ1n) is 13.2. The average Bonchev–Trinajstić information content (AvgIpc) is 3.60. The zero-order valence-corrected chi connectivity index (χ0v) is 22.5. The number of halogens is 1. The molecule has 0 spiro atoms. The number of nitrogens with zero attached hydrogens (tertiary/aromatic N) is 4. The molecule has 0 saturated carbocycles. The lowest BCUT2D eigenvalue weighted by Crippen LogP contribution is -2.43. The summed E-state index contributed by atoms with van der Waals surface area (Å²) in [6.07, 6.45) is 1.95. The molecule has 3 heterocycles. The Bertz CT molecular complexity index is 1510. The normalized spacial score (nSPS) is 17.3. The topological polar surface area (TPSA) is 58.4 Å². The van der Waals surface area contributed by atoms with Gasteiger partial charge in [0, 0.05) is 24.2 Å². The van der Waals surface area contributed by atoms with Crippen LogP contribution in [0.4, 0.5) is 10.2 Å². The predicted octanol–water partition coefficient (Wildman–Crippen LogP) is 5.78. The molecule has 1 saturated heterocycles. The maximum Gasteiger partial charge on any atom is 0.242 e. The maximum atomic E-state index is 13.9. The molecule has 2 aliphatic heterocycles. The van der Waals surface area contributed by atoms with Gasteiger partial charge in [-0.3, -0.25) is 14.5 Å². The summed E-state index contributed by atoms with van der Waals surface area (Å²) < 4.78 is 15.7. The first-order valence-corrected chi connectivity index (χ1v) is 14.3. The monoisotopic (exact) mass is 540 g/mol. The summed E-state index contributed by atoms with van der Waals surface area (Å²) in [7, 11) is 0. The second-order valence-electron chi connectivity index (χ2n) is 9.96. The second-order valence-corrected chi connectivity index (χ2v) is 11.0. The lowest BCUT2D eigenvalue weighted by Gasteiger charge is -2.25. The highest BCUT2D eigenvalue weighted by Crippen LogP contribution is 2.49. The van der Waals surface area contributed by atoms with Gasteiger partial charge in [-0.2, -0.15) is 5.10 Å². The van der Waals surface area contributed by atoms with Crippen LogP contribution in [0.25, 0.3) is 16.9 Å². The Balaban J connectivity index is 1.61. The van der Waals surface area contributed by atoms with Crippen molar-refractivity contribution in [3.8, 4) is 16.9 Å². The molecule has 39 heavy (non-hydrogen) atoms. The number of carbonyl (C=O) groups is 2. The third kappa shape index (κ3) is 4.85. The van der Waals surface area contributed by atoms with Crippen LogP contribution < -0.4 is 4.90 Å². The van der Waals surface area contributed by atoms with E-state index in [2.05, 4.69) is 19.1 Å². The highest BCUT2D eigenvalue weighted by atomic mass is 32.2. The molecule has 0 bridgehead atoms. The molecule has 198 valence electrons. The Morgan fingerprint density at radius 1 is 0.974 bits per heavy atom. The molecule has 3 aromatic carbocycles. The second kappa shape index (κ2) is 10.7. The number of aromatic nitrogens is 2. The number of likely N-dealkylation sites (tertiary alicyclic amines) is 1. The Hall–Kier alpha value is -3.91. The summed E-state index contributed by atoms with van der Waals surface area (Å²) in [4.78, 5) is 30.6. The van der Waals surface area contributed by atoms with Crippen LogP contribution in [0.3, 0.4) is 0 Å². The Kier molecular flexibility index (Phi) is 6.95. The molecule has 2 aliphatic rings. The van der Waals surface area contributed by atoms with Gasteiger partial charge in [-0.15, -0.1) is 11.8 Å². The number of anilines is 1. The molecule has 4 aromatic rings. The van der Waals surface area contributed by atoms with Crippen LogP contribution in [0, 0.1) is 12.7 Å². The molecule has 6 nitrogen and oxygen atoms in total. The third-order valence-electron chi connectivity index (χ3n) is 7.43. The molecule has 0 radical (unpaired) electrons. The lowest BCUT2D eigenvalue weighted by atomic mass is 9.97. The fraction of sp³-hybridized carbons (Fsp3) is 0.258.